The van der Waals surface area contributed by atoms with Gasteiger partial charge < -0.3 is 4.84 Å². The molecule has 3 nitrogen and oxygen atoms in total. The van der Waals surface area contributed by atoms with Gasteiger partial charge in [0.25, 0.3) is 0 Å². The lowest BCUT2D eigenvalue weighted by molar-refractivity contribution is 0.335. The highest BCUT2D eigenvalue weighted by Crippen LogP contribution is 2.23. The van der Waals surface area contributed by atoms with Crippen molar-refractivity contribution >= 4 is 6.40 Å². The van der Waals surface area contributed by atoms with Gasteiger partial charge in [-0.3, -0.25) is 0 Å². The number of hydrogen-bond donors (Lipinski definition) is 1. The molecule has 0 aliphatic heterocycles. The second-order valence-corrected chi connectivity index (χ2v) is 3.07. The predicted octanol–water partition coefficient (Wildman–Crippen LogP) is 1.46. The fourth-order valence-electron chi connectivity index (χ4n) is 0.288. The molecule has 10 heavy (non-hydrogen) atoms. The molecule has 0 heterocycles. The monoisotopic (exact) mass is 142 g/mol. The van der Waals surface area contributed by atoms with Gasteiger partial charge in [-0.25, -0.2) is 4.99 Å². The van der Waals surface area contributed by atoms with Crippen LogP contribution in [0.25, 0.3) is 0 Å². The average Bonchev–Trinajstić information content (AvgIpc) is 1.80. The van der Waals surface area contributed by atoms with Crippen molar-refractivity contribution in [2.45, 2.75) is 20.8 Å². The van der Waals surface area contributed by atoms with E-state index in [0.29, 0.717) is 0 Å². The Hall–Kier alpha value is -0.830. The molecule has 0 radical (unpaired) electrons. The first-order valence-electron chi connectivity index (χ1n) is 3.06. The van der Waals surface area contributed by atoms with E-state index in [9.17, 15) is 0 Å². The number of allylic oxidation sites excluding steroid dienone is 1. The van der Waals surface area contributed by atoms with Crippen LogP contribution in [0, 0.1) is 5.41 Å². The van der Waals surface area contributed by atoms with E-state index in [1.54, 1.807) is 0 Å². The molecule has 0 aromatic carbocycles. The second kappa shape index (κ2) is 3.37. The molecular weight excluding hydrogens is 128 g/mol. The zero-order valence-corrected chi connectivity index (χ0v) is 6.72. The Morgan fingerprint density at radius 1 is 1.60 bits per heavy atom. The molecule has 0 aromatic rings. The maximum Gasteiger partial charge on any atom is 0.200 e. The molecule has 2 N–H and O–H groups in total. The summed E-state index contributed by atoms with van der Waals surface area (Å²) in [4.78, 5) is 8.00. The minimum absolute atomic E-state index is 0.0188. The van der Waals surface area contributed by atoms with E-state index in [4.69, 9.17) is 5.90 Å². The quantitative estimate of drug-likeness (QED) is 0.360. The molecule has 0 spiro atoms. The zero-order valence-electron chi connectivity index (χ0n) is 6.72. The first-order valence-corrected chi connectivity index (χ1v) is 3.06. The Morgan fingerprint density at radius 3 is 2.40 bits per heavy atom. The molecule has 0 fully saturated rings. The van der Waals surface area contributed by atoms with Gasteiger partial charge in [0, 0.05) is 11.1 Å². The van der Waals surface area contributed by atoms with Crippen LogP contribution in [0.15, 0.2) is 17.3 Å². The van der Waals surface area contributed by atoms with Gasteiger partial charge in [-0.15, -0.1) is 0 Å². The molecule has 0 unspecified atom stereocenters. The van der Waals surface area contributed by atoms with E-state index in [1.165, 1.54) is 6.40 Å². The van der Waals surface area contributed by atoms with Crippen molar-refractivity contribution in [2.24, 2.45) is 16.3 Å². The Morgan fingerprint density at radius 2 is 2.10 bits per heavy atom. The Bertz CT molecular complexity index is 144. The van der Waals surface area contributed by atoms with Crippen molar-refractivity contribution in [3.05, 3.63) is 12.3 Å². The summed E-state index contributed by atoms with van der Waals surface area (Å²) in [7, 11) is 0. The van der Waals surface area contributed by atoms with Crippen molar-refractivity contribution in [3.63, 3.8) is 0 Å². The SMILES string of the molecule is C=C(N=CON)C(C)(C)C. The smallest absolute Gasteiger partial charge is 0.200 e. The molecule has 0 aromatic heterocycles. The van der Waals surface area contributed by atoms with Crippen LogP contribution in [-0.2, 0) is 4.84 Å². The third kappa shape index (κ3) is 3.25. The average molecular weight is 142 g/mol. The fourth-order valence-corrected chi connectivity index (χ4v) is 0.288. The second-order valence-electron chi connectivity index (χ2n) is 3.07. The molecular formula is C7H14N2O. The maximum atomic E-state index is 4.73. The topological polar surface area (TPSA) is 47.6 Å². The van der Waals surface area contributed by atoms with Gasteiger partial charge in [0.2, 0.25) is 6.40 Å². The number of nitrogens with zero attached hydrogens (tertiary/aromatic N) is 1. The molecule has 0 rings (SSSR count). The zero-order chi connectivity index (χ0) is 8.20. The third-order valence-corrected chi connectivity index (χ3v) is 1.14. The molecule has 0 amide bonds. The van der Waals surface area contributed by atoms with E-state index >= 15 is 0 Å². The van der Waals surface area contributed by atoms with Crippen LogP contribution in [0.4, 0.5) is 0 Å². The van der Waals surface area contributed by atoms with Gasteiger partial charge in [0.05, 0.1) is 0 Å². The Kier molecular flexibility index (Phi) is 3.09. The minimum Gasteiger partial charge on any atom is -0.399 e. The number of rotatable bonds is 2. The van der Waals surface area contributed by atoms with Gasteiger partial charge in [0.1, 0.15) is 0 Å². The van der Waals surface area contributed by atoms with Crippen molar-refractivity contribution in [2.75, 3.05) is 0 Å². The number of hydrogen-bond acceptors (Lipinski definition) is 3. The van der Waals surface area contributed by atoms with E-state index < -0.39 is 0 Å². The number of aliphatic imine (C=N–C) groups is 1. The summed E-state index contributed by atoms with van der Waals surface area (Å²) in [6.07, 6.45) is 1.17. The van der Waals surface area contributed by atoms with Gasteiger partial charge in [-0.05, 0) is 0 Å². The van der Waals surface area contributed by atoms with Crippen LogP contribution < -0.4 is 5.90 Å². The normalized spacial score (nSPS) is 12.0. The molecule has 3 heteroatoms. The predicted molar refractivity (Wildman–Crippen MR) is 42.4 cm³/mol. The lowest BCUT2D eigenvalue weighted by Gasteiger charge is -2.16. The highest BCUT2D eigenvalue weighted by atomic mass is 16.6. The highest BCUT2D eigenvalue weighted by Gasteiger charge is 2.13. The van der Waals surface area contributed by atoms with E-state index in [1.807, 2.05) is 20.8 Å². The van der Waals surface area contributed by atoms with Crippen LogP contribution in [0.2, 0.25) is 0 Å². The molecule has 0 bridgehead atoms. The summed E-state index contributed by atoms with van der Waals surface area (Å²) in [5.74, 6) is 4.73. The van der Waals surface area contributed by atoms with Crippen LogP contribution in [-0.4, -0.2) is 6.40 Å². The lowest BCUT2D eigenvalue weighted by atomic mass is 9.93. The van der Waals surface area contributed by atoms with Gasteiger partial charge in [-0.1, -0.05) is 27.4 Å². The molecule has 0 aliphatic rings. The highest BCUT2D eigenvalue weighted by molar-refractivity contribution is 5.48. The summed E-state index contributed by atoms with van der Waals surface area (Å²) >= 11 is 0. The van der Waals surface area contributed by atoms with Crippen molar-refractivity contribution in [3.8, 4) is 0 Å². The molecule has 0 saturated heterocycles. The van der Waals surface area contributed by atoms with Crippen LogP contribution in [0.3, 0.4) is 0 Å². The first kappa shape index (κ1) is 9.17. The largest absolute Gasteiger partial charge is 0.399 e. The van der Waals surface area contributed by atoms with Crippen LogP contribution >= 0.6 is 0 Å². The summed E-state index contributed by atoms with van der Waals surface area (Å²) in [6.45, 7) is 9.78. The Labute approximate surface area is 61.5 Å². The molecule has 58 valence electrons. The Balaban J connectivity index is 3.98. The van der Waals surface area contributed by atoms with Gasteiger partial charge in [-0.2, -0.15) is 5.90 Å². The van der Waals surface area contributed by atoms with Crippen LogP contribution in [0.1, 0.15) is 20.8 Å². The van der Waals surface area contributed by atoms with Crippen LogP contribution in [0.5, 0.6) is 0 Å². The molecule has 0 aliphatic carbocycles. The summed E-state index contributed by atoms with van der Waals surface area (Å²) in [5, 5.41) is 0. The fraction of sp³-hybridized carbons (Fsp3) is 0.571. The summed E-state index contributed by atoms with van der Waals surface area (Å²) < 4.78 is 0. The summed E-state index contributed by atoms with van der Waals surface area (Å²) in [5.41, 5.74) is 0.729. The van der Waals surface area contributed by atoms with E-state index in [-0.39, 0.29) is 5.41 Å². The minimum atomic E-state index is -0.0188. The van der Waals surface area contributed by atoms with Gasteiger partial charge in [0.15, 0.2) is 0 Å². The summed E-state index contributed by atoms with van der Waals surface area (Å²) in [6, 6.07) is 0. The van der Waals surface area contributed by atoms with Crippen molar-refractivity contribution in [1.29, 1.82) is 0 Å². The van der Waals surface area contributed by atoms with E-state index in [0.717, 1.165) is 5.70 Å². The number of nitrogens with two attached hydrogens (primary N) is 1. The first-order chi connectivity index (χ1) is 4.48. The van der Waals surface area contributed by atoms with Crippen molar-refractivity contribution in [1.82, 2.24) is 0 Å². The molecule has 0 saturated carbocycles. The van der Waals surface area contributed by atoms with E-state index in [2.05, 4.69) is 16.4 Å². The maximum absolute atomic E-state index is 4.73. The standard InChI is InChI=1S/C7H14N2O/c1-6(7(2,3)4)9-5-10-8/h5H,1,8H2,2-4H3. The van der Waals surface area contributed by atoms with Crippen molar-refractivity contribution < 1.29 is 4.84 Å². The lowest BCUT2D eigenvalue weighted by Crippen LogP contribution is -2.07. The third-order valence-electron chi connectivity index (χ3n) is 1.14. The van der Waals surface area contributed by atoms with Gasteiger partial charge >= 0.3 is 0 Å². The molecule has 0 atom stereocenters.